The molecule has 8 nitrogen and oxygen atoms in total. The minimum Gasteiger partial charge on any atom is -0.481 e. The Morgan fingerprint density at radius 1 is 1.28 bits per heavy atom. The Morgan fingerprint density at radius 3 is 2.79 bits per heavy atom. The number of carboxylic acids is 1. The number of imidazole rings is 1. The summed E-state index contributed by atoms with van der Waals surface area (Å²) in [5.41, 5.74) is 11.5. The lowest BCUT2D eigenvalue weighted by Gasteiger charge is -2.24. The van der Waals surface area contributed by atoms with Crippen molar-refractivity contribution in [1.29, 1.82) is 0 Å². The van der Waals surface area contributed by atoms with Gasteiger partial charge in [-0.1, -0.05) is 18.2 Å². The molecular weight excluding hydrogens is 368 g/mol. The number of para-hydroxylation sites is 1. The Balaban J connectivity index is 1.53. The summed E-state index contributed by atoms with van der Waals surface area (Å²) in [6.45, 7) is 2.10. The van der Waals surface area contributed by atoms with E-state index >= 15 is 0 Å². The molecule has 150 valence electrons. The van der Waals surface area contributed by atoms with Crippen molar-refractivity contribution >= 4 is 23.0 Å². The van der Waals surface area contributed by atoms with E-state index in [0.717, 1.165) is 42.0 Å². The van der Waals surface area contributed by atoms with Gasteiger partial charge in [-0.05, 0) is 43.7 Å². The monoisotopic (exact) mass is 392 g/mol. The van der Waals surface area contributed by atoms with Gasteiger partial charge in [-0.3, -0.25) is 4.79 Å². The van der Waals surface area contributed by atoms with Gasteiger partial charge >= 0.3 is 5.97 Å². The van der Waals surface area contributed by atoms with E-state index in [1.165, 1.54) is 17.5 Å². The summed E-state index contributed by atoms with van der Waals surface area (Å²) >= 11 is 0. The van der Waals surface area contributed by atoms with Crippen molar-refractivity contribution in [3.05, 3.63) is 47.2 Å². The summed E-state index contributed by atoms with van der Waals surface area (Å²) in [6, 6.07) is 6.33. The molecule has 1 unspecified atom stereocenters. The molecule has 2 aromatic heterocycles. The number of benzene rings is 1. The normalized spacial score (nSPS) is 23.7. The van der Waals surface area contributed by atoms with Gasteiger partial charge in [-0.15, -0.1) is 0 Å². The number of fused-ring (bicyclic) bond motifs is 2. The first kappa shape index (κ1) is 17.9. The Labute approximate surface area is 168 Å². The molecule has 1 saturated carbocycles. The second-order valence-corrected chi connectivity index (χ2v) is 8.16. The molecule has 5 rings (SSSR count). The van der Waals surface area contributed by atoms with Crippen molar-refractivity contribution in [2.24, 2.45) is 5.92 Å². The number of nitrogens with one attached hydrogen (secondary N) is 1. The number of carboxylic acid groups (broad SMARTS) is 1. The molecule has 1 aromatic carbocycles. The third-order valence-electron chi connectivity index (χ3n) is 6.39. The number of anilines is 2. The van der Waals surface area contributed by atoms with Crippen LogP contribution in [0.2, 0.25) is 0 Å². The maximum atomic E-state index is 11.3. The maximum absolute atomic E-state index is 11.3. The number of nitrogen functional groups attached to an aromatic ring is 1. The van der Waals surface area contributed by atoms with Gasteiger partial charge in [0.15, 0.2) is 5.82 Å². The third-order valence-corrected chi connectivity index (χ3v) is 6.39. The number of aryl methyl sites for hydroxylation is 1. The van der Waals surface area contributed by atoms with Crippen molar-refractivity contribution < 1.29 is 9.90 Å². The molecule has 2 aliphatic rings. The molecule has 0 bridgehead atoms. The van der Waals surface area contributed by atoms with Crippen LogP contribution in [0, 0.1) is 12.8 Å². The SMILES string of the molecule is Cc1cccc2c1NC(c1nc(C3CCC(C(=O)O)CC3)n3ncnc(N)c13)C2. The summed E-state index contributed by atoms with van der Waals surface area (Å²) in [7, 11) is 0. The van der Waals surface area contributed by atoms with Crippen LogP contribution in [0.3, 0.4) is 0 Å². The molecule has 3 aromatic rings. The molecule has 8 heteroatoms. The van der Waals surface area contributed by atoms with Crippen LogP contribution in [0.15, 0.2) is 24.5 Å². The predicted octanol–water partition coefficient (Wildman–Crippen LogP) is 3.08. The first-order valence-electron chi connectivity index (χ1n) is 10.1. The van der Waals surface area contributed by atoms with Gasteiger partial charge in [-0.25, -0.2) is 14.5 Å². The van der Waals surface area contributed by atoms with Gasteiger partial charge in [-0.2, -0.15) is 5.10 Å². The minimum atomic E-state index is -0.702. The maximum Gasteiger partial charge on any atom is 0.306 e. The topological polar surface area (TPSA) is 118 Å². The number of nitrogens with two attached hydrogens (primary N) is 1. The zero-order chi connectivity index (χ0) is 20.1. The minimum absolute atomic E-state index is 0.0125. The van der Waals surface area contributed by atoms with E-state index in [0.29, 0.717) is 18.7 Å². The number of hydrogen-bond acceptors (Lipinski definition) is 6. The van der Waals surface area contributed by atoms with Crippen molar-refractivity contribution in [3.8, 4) is 0 Å². The van der Waals surface area contributed by atoms with Crippen LogP contribution in [0.25, 0.3) is 5.52 Å². The summed E-state index contributed by atoms with van der Waals surface area (Å²) in [4.78, 5) is 20.5. The first-order chi connectivity index (χ1) is 14.0. The first-order valence-corrected chi connectivity index (χ1v) is 10.1. The van der Waals surface area contributed by atoms with Gasteiger partial charge in [0.2, 0.25) is 0 Å². The van der Waals surface area contributed by atoms with Crippen molar-refractivity contribution in [3.63, 3.8) is 0 Å². The van der Waals surface area contributed by atoms with Gasteiger partial charge in [0.1, 0.15) is 17.7 Å². The number of rotatable bonds is 3. The Hall–Kier alpha value is -3.16. The molecule has 0 spiro atoms. The standard InChI is InChI=1S/C21H24N6O2/c1-11-3-2-4-14-9-15(25-16(11)14)17-18-19(22)23-10-24-27(18)20(26-17)12-5-7-13(8-6-12)21(28)29/h2-4,10,12-13,15,25H,5-9H2,1H3,(H,28,29)(H2,22,23,24). The van der Waals surface area contributed by atoms with Crippen molar-refractivity contribution in [2.75, 3.05) is 11.1 Å². The second-order valence-electron chi connectivity index (χ2n) is 8.16. The van der Waals surface area contributed by atoms with E-state index in [4.69, 9.17) is 10.7 Å². The van der Waals surface area contributed by atoms with E-state index in [2.05, 4.69) is 40.5 Å². The highest BCUT2D eigenvalue weighted by atomic mass is 16.4. The van der Waals surface area contributed by atoms with Gasteiger partial charge < -0.3 is 16.2 Å². The van der Waals surface area contributed by atoms with Crippen molar-refractivity contribution in [2.45, 2.75) is 51.0 Å². The third kappa shape index (κ3) is 2.90. The fraction of sp³-hybridized carbons (Fsp3) is 0.429. The number of nitrogens with zero attached hydrogens (tertiary/aromatic N) is 4. The van der Waals surface area contributed by atoms with Gasteiger partial charge in [0, 0.05) is 18.0 Å². The molecule has 1 aliphatic carbocycles. The summed E-state index contributed by atoms with van der Waals surface area (Å²) < 4.78 is 1.82. The van der Waals surface area contributed by atoms with Crippen LogP contribution in [-0.4, -0.2) is 30.7 Å². The molecule has 0 amide bonds. The quantitative estimate of drug-likeness (QED) is 0.627. The highest BCUT2D eigenvalue weighted by Crippen LogP contribution is 2.41. The van der Waals surface area contributed by atoms with Crippen LogP contribution in [0.4, 0.5) is 11.5 Å². The molecule has 0 saturated heterocycles. The molecule has 29 heavy (non-hydrogen) atoms. The molecule has 3 heterocycles. The highest BCUT2D eigenvalue weighted by Gasteiger charge is 2.33. The second kappa shape index (κ2) is 6.72. The lowest BCUT2D eigenvalue weighted by molar-refractivity contribution is -0.142. The van der Waals surface area contributed by atoms with Crippen LogP contribution >= 0.6 is 0 Å². The summed E-state index contributed by atoms with van der Waals surface area (Å²) in [5.74, 6) is 0.495. The molecule has 1 fully saturated rings. The van der Waals surface area contributed by atoms with E-state index in [-0.39, 0.29) is 17.9 Å². The molecule has 0 radical (unpaired) electrons. The van der Waals surface area contributed by atoms with Crippen LogP contribution in [0.1, 0.15) is 60.3 Å². The zero-order valence-electron chi connectivity index (χ0n) is 16.3. The average molecular weight is 392 g/mol. The van der Waals surface area contributed by atoms with Crippen LogP contribution in [0.5, 0.6) is 0 Å². The van der Waals surface area contributed by atoms with Crippen molar-refractivity contribution in [1.82, 2.24) is 19.6 Å². The average Bonchev–Trinajstić information content (AvgIpc) is 3.31. The predicted molar refractivity (Wildman–Crippen MR) is 109 cm³/mol. The largest absolute Gasteiger partial charge is 0.481 e. The van der Waals surface area contributed by atoms with E-state index in [1.54, 1.807) is 0 Å². The Kier molecular flexibility index (Phi) is 4.15. The number of hydrogen-bond donors (Lipinski definition) is 3. The number of carbonyl (C=O) groups is 1. The smallest absolute Gasteiger partial charge is 0.306 e. The van der Waals surface area contributed by atoms with Gasteiger partial charge in [0.25, 0.3) is 0 Å². The molecule has 4 N–H and O–H groups in total. The van der Waals surface area contributed by atoms with Crippen LogP contribution < -0.4 is 11.1 Å². The van der Waals surface area contributed by atoms with Crippen LogP contribution in [-0.2, 0) is 11.2 Å². The fourth-order valence-electron chi connectivity index (χ4n) is 4.83. The summed E-state index contributed by atoms with van der Waals surface area (Å²) in [5, 5.41) is 17.4. The fourth-order valence-corrected chi connectivity index (χ4v) is 4.83. The Morgan fingerprint density at radius 2 is 2.07 bits per heavy atom. The van der Waals surface area contributed by atoms with E-state index in [9.17, 15) is 9.90 Å². The molecule has 1 aliphatic heterocycles. The zero-order valence-corrected chi connectivity index (χ0v) is 16.3. The van der Waals surface area contributed by atoms with Gasteiger partial charge in [0.05, 0.1) is 17.7 Å². The number of aliphatic carboxylic acids is 1. The van der Waals surface area contributed by atoms with E-state index in [1.807, 2.05) is 4.52 Å². The van der Waals surface area contributed by atoms with E-state index < -0.39 is 5.97 Å². The molecular formula is C21H24N6O2. The lowest BCUT2D eigenvalue weighted by atomic mass is 9.82. The Bertz CT molecular complexity index is 1100. The summed E-state index contributed by atoms with van der Waals surface area (Å²) in [6.07, 6.45) is 5.20. The highest BCUT2D eigenvalue weighted by molar-refractivity contribution is 5.73. The lowest BCUT2D eigenvalue weighted by Crippen LogP contribution is -2.21. The molecule has 1 atom stereocenters. The number of aromatic nitrogens is 4.